The minimum absolute atomic E-state index is 0.221. The molecule has 0 aliphatic heterocycles. The molecule has 0 aliphatic carbocycles. The lowest BCUT2D eigenvalue weighted by molar-refractivity contribution is -0.118. The molecule has 1 nitrogen and oxygen atoms in total. The van der Waals surface area contributed by atoms with E-state index in [1.807, 2.05) is 13.2 Å². The van der Waals surface area contributed by atoms with E-state index in [0.717, 1.165) is 16.9 Å². The first kappa shape index (κ1) is 12.2. The molecule has 3 heteroatoms. The summed E-state index contributed by atoms with van der Waals surface area (Å²) in [7, 11) is 0. The Balaban J connectivity index is 2.60. The monoisotopic (exact) mass is 226 g/mol. The maximum absolute atomic E-state index is 12.8. The second kappa shape index (κ2) is 5.91. The maximum Gasteiger partial charge on any atom is 0.138 e. The van der Waals surface area contributed by atoms with Crippen LogP contribution in [0.4, 0.5) is 4.39 Å². The molecule has 1 aromatic carbocycles. The van der Waals surface area contributed by atoms with E-state index in [1.54, 1.807) is 17.8 Å². The third-order valence-electron chi connectivity index (χ3n) is 2.28. The van der Waals surface area contributed by atoms with Crippen molar-refractivity contribution in [2.45, 2.75) is 19.8 Å². The molecule has 15 heavy (non-hydrogen) atoms. The second-order valence-electron chi connectivity index (χ2n) is 3.53. The number of hydrogen-bond donors (Lipinski definition) is 0. The van der Waals surface area contributed by atoms with E-state index in [9.17, 15) is 9.18 Å². The van der Waals surface area contributed by atoms with E-state index in [2.05, 4.69) is 0 Å². The van der Waals surface area contributed by atoms with E-state index in [1.165, 1.54) is 12.1 Å². The lowest BCUT2D eigenvalue weighted by atomic mass is 10.0. The molecule has 1 aromatic rings. The number of aryl methyl sites for hydroxylation is 1. The quantitative estimate of drug-likeness (QED) is 0.767. The molecule has 0 bridgehead atoms. The van der Waals surface area contributed by atoms with Crippen LogP contribution in [0.2, 0.25) is 0 Å². The van der Waals surface area contributed by atoms with Gasteiger partial charge < -0.3 is 0 Å². The lowest BCUT2D eigenvalue weighted by Gasteiger charge is -2.04. The van der Waals surface area contributed by atoms with Crippen molar-refractivity contribution in [3.8, 4) is 0 Å². The van der Waals surface area contributed by atoms with Crippen LogP contribution in [0, 0.1) is 12.7 Å². The Morgan fingerprint density at radius 1 is 1.47 bits per heavy atom. The molecule has 0 spiro atoms. The summed E-state index contributed by atoms with van der Waals surface area (Å²) in [6.45, 7) is 1.83. The zero-order valence-electron chi connectivity index (χ0n) is 9.05. The minimum atomic E-state index is -0.243. The first-order valence-corrected chi connectivity index (χ1v) is 6.28. The van der Waals surface area contributed by atoms with Gasteiger partial charge in [-0.1, -0.05) is 6.07 Å². The summed E-state index contributed by atoms with van der Waals surface area (Å²) < 4.78 is 12.8. The Morgan fingerprint density at radius 3 is 2.80 bits per heavy atom. The third kappa shape index (κ3) is 4.04. The molecular formula is C12H15FOS. The standard InChI is InChI=1S/C12H15FOS/c1-9-7-11(13)4-3-10(9)8-12(14)5-6-15-2/h3-4,7H,5-6,8H2,1-2H3. The zero-order chi connectivity index (χ0) is 11.3. The molecule has 0 radical (unpaired) electrons. The predicted molar refractivity (Wildman–Crippen MR) is 62.8 cm³/mol. The van der Waals surface area contributed by atoms with Gasteiger partial charge in [-0.15, -0.1) is 0 Å². The van der Waals surface area contributed by atoms with Gasteiger partial charge in [0, 0.05) is 12.8 Å². The number of ketones is 1. The summed E-state index contributed by atoms with van der Waals surface area (Å²) in [6.07, 6.45) is 3.00. The molecular weight excluding hydrogens is 211 g/mol. The Kier molecular flexibility index (Phi) is 4.82. The average molecular weight is 226 g/mol. The van der Waals surface area contributed by atoms with Gasteiger partial charge in [0.1, 0.15) is 11.6 Å². The smallest absolute Gasteiger partial charge is 0.138 e. The topological polar surface area (TPSA) is 17.1 Å². The largest absolute Gasteiger partial charge is 0.299 e. The van der Waals surface area contributed by atoms with Crippen LogP contribution >= 0.6 is 11.8 Å². The fourth-order valence-corrected chi connectivity index (χ4v) is 1.81. The number of carbonyl (C=O) groups excluding carboxylic acids is 1. The minimum Gasteiger partial charge on any atom is -0.299 e. The van der Waals surface area contributed by atoms with Crippen molar-refractivity contribution in [2.75, 3.05) is 12.0 Å². The van der Waals surface area contributed by atoms with Crippen molar-refractivity contribution in [3.63, 3.8) is 0 Å². The van der Waals surface area contributed by atoms with E-state index < -0.39 is 0 Å². The van der Waals surface area contributed by atoms with Crippen LogP contribution in [0.1, 0.15) is 17.5 Å². The van der Waals surface area contributed by atoms with Gasteiger partial charge in [0.05, 0.1) is 0 Å². The molecule has 0 N–H and O–H groups in total. The summed E-state index contributed by atoms with van der Waals surface area (Å²) in [5.41, 5.74) is 1.79. The number of benzene rings is 1. The fourth-order valence-electron chi connectivity index (χ4n) is 1.37. The van der Waals surface area contributed by atoms with Crippen LogP contribution in [0.3, 0.4) is 0 Å². The maximum atomic E-state index is 12.8. The van der Waals surface area contributed by atoms with Crippen LogP contribution in [0.5, 0.6) is 0 Å². The average Bonchev–Trinajstić information content (AvgIpc) is 2.19. The number of rotatable bonds is 5. The Labute approximate surface area is 94.1 Å². The number of halogens is 1. The molecule has 0 aromatic heterocycles. The third-order valence-corrected chi connectivity index (χ3v) is 2.89. The van der Waals surface area contributed by atoms with Crippen molar-refractivity contribution in [1.29, 1.82) is 0 Å². The summed E-state index contributed by atoms with van der Waals surface area (Å²) in [4.78, 5) is 11.5. The fraction of sp³-hybridized carbons (Fsp3) is 0.417. The van der Waals surface area contributed by atoms with Crippen LogP contribution < -0.4 is 0 Å². The van der Waals surface area contributed by atoms with E-state index in [-0.39, 0.29) is 11.6 Å². The van der Waals surface area contributed by atoms with Crippen molar-refractivity contribution in [1.82, 2.24) is 0 Å². The number of carbonyl (C=O) groups is 1. The van der Waals surface area contributed by atoms with E-state index in [4.69, 9.17) is 0 Å². The van der Waals surface area contributed by atoms with Crippen molar-refractivity contribution in [3.05, 3.63) is 35.1 Å². The van der Waals surface area contributed by atoms with Crippen molar-refractivity contribution in [2.24, 2.45) is 0 Å². The van der Waals surface area contributed by atoms with Gasteiger partial charge in [-0.3, -0.25) is 4.79 Å². The van der Waals surface area contributed by atoms with E-state index in [0.29, 0.717) is 12.8 Å². The first-order valence-electron chi connectivity index (χ1n) is 4.89. The first-order chi connectivity index (χ1) is 7.13. The van der Waals surface area contributed by atoms with E-state index >= 15 is 0 Å². The SMILES string of the molecule is CSCCC(=O)Cc1ccc(F)cc1C. The summed E-state index contributed by atoms with van der Waals surface area (Å²) in [5.74, 6) is 0.839. The second-order valence-corrected chi connectivity index (χ2v) is 4.51. The van der Waals surface area contributed by atoms with Gasteiger partial charge in [-0.25, -0.2) is 4.39 Å². The van der Waals surface area contributed by atoms with Gasteiger partial charge in [0.2, 0.25) is 0 Å². The van der Waals surface area contributed by atoms with Gasteiger partial charge in [-0.2, -0.15) is 11.8 Å². The normalized spacial score (nSPS) is 10.3. The molecule has 1 rings (SSSR count). The highest BCUT2D eigenvalue weighted by Crippen LogP contribution is 2.12. The summed E-state index contributed by atoms with van der Waals surface area (Å²) in [5, 5.41) is 0. The molecule has 82 valence electrons. The van der Waals surface area contributed by atoms with Crippen LogP contribution in [0.25, 0.3) is 0 Å². The zero-order valence-corrected chi connectivity index (χ0v) is 9.86. The van der Waals surface area contributed by atoms with Crippen LogP contribution in [0.15, 0.2) is 18.2 Å². The summed E-state index contributed by atoms with van der Waals surface area (Å²) >= 11 is 1.67. The summed E-state index contributed by atoms with van der Waals surface area (Å²) in [6, 6.07) is 4.57. The molecule has 0 fully saturated rings. The molecule has 0 saturated heterocycles. The molecule has 0 aliphatic rings. The van der Waals surface area contributed by atoms with Crippen molar-refractivity contribution >= 4 is 17.5 Å². The van der Waals surface area contributed by atoms with Crippen LogP contribution in [-0.2, 0) is 11.2 Å². The lowest BCUT2D eigenvalue weighted by Crippen LogP contribution is -2.05. The number of Topliss-reactive ketones (excluding diaryl/α,β-unsaturated/α-hetero) is 1. The highest BCUT2D eigenvalue weighted by molar-refractivity contribution is 7.98. The molecule has 0 saturated carbocycles. The molecule has 0 atom stereocenters. The molecule has 0 amide bonds. The van der Waals surface area contributed by atoms with Gasteiger partial charge in [0.25, 0.3) is 0 Å². The highest BCUT2D eigenvalue weighted by Gasteiger charge is 2.06. The van der Waals surface area contributed by atoms with Gasteiger partial charge >= 0.3 is 0 Å². The number of thioether (sulfide) groups is 1. The Hall–Kier alpha value is -0.830. The Morgan fingerprint density at radius 2 is 2.20 bits per heavy atom. The van der Waals surface area contributed by atoms with Crippen LogP contribution in [-0.4, -0.2) is 17.8 Å². The highest BCUT2D eigenvalue weighted by atomic mass is 32.2. The van der Waals surface area contributed by atoms with Crippen molar-refractivity contribution < 1.29 is 9.18 Å². The Bertz CT molecular complexity index is 349. The molecule has 0 unspecified atom stereocenters. The number of hydrogen-bond acceptors (Lipinski definition) is 2. The predicted octanol–water partition coefficient (Wildman–Crippen LogP) is 3.00. The van der Waals surface area contributed by atoms with Gasteiger partial charge in [-0.05, 0) is 42.2 Å². The van der Waals surface area contributed by atoms with Gasteiger partial charge in [0.15, 0.2) is 0 Å². The molecule has 0 heterocycles.